The van der Waals surface area contributed by atoms with Crippen LogP contribution in [0.4, 0.5) is 16.2 Å². The predicted molar refractivity (Wildman–Crippen MR) is 100 cm³/mol. The molecule has 0 atom stereocenters. The number of anilines is 2. The van der Waals surface area contributed by atoms with Gasteiger partial charge in [0.15, 0.2) is 0 Å². The minimum Gasteiger partial charge on any atom is -0.368 e. The van der Waals surface area contributed by atoms with Crippen LogP contribution in [0.5, 0.6) is 0 Å². The van der Waals surface area contributed by atoms with Crippen LogP contribution < -0.4 is 10.2 Å². The molecule has 0 saturated carbocycles. The van der Waals surface area contributed by atoms with E-state index in [0.29, 0.717) is 13.1 Å². The van der Waals surface area contributed by atoms with Gasteiger partial charge in [-0.25, -0.2) is 4.79 Å². The number of urea groups is 1. The van der Waals surface area contributed by atoms with E-state index in [1.165, 1.54) is 5.56 Å². The largest absolute Gasteiger partial charge is 0.368 e. The zero-order valence-electron chi connectivity index (χ0n) is 14.1. The maximum absolute atomic E-state index is 12.4. The van der Waals surface area contributed by atoms with Crippen molar-refractivity contribution in [1.82, 2.24) is 4.90 Å². The number of rotatable bonds is 2. The van der Waals surface area contributed by atoms with E-state index >= 15 is 0 Å². The molecule has 0 unspecified atom stereocenters. The van der Waals surface area contributed by atoms with Gasteiger partial charge in [0.25, 0.3) is 0 Å². The van der Waals surface area contributed by atoms with E-state index in [2.05, 4.69) is 17.1 Å². The van der Waals surface area contributed by atoms with Crippen molar-refractivity contribution in [3.63, 3.8) is 0 Å². The molecule has 1 saturated heterocycles. The van der Waals surface area contributed by atoms with Gasteiger partial charge < -0.3 is 15.1 Å². The fraction of sp³-hybridized carbons (Fsp3) is 0.316. The van der Waals surface area contributed by atoms with E-state index in [1.807, 2.05) is 54.3 Å². The van der Waals surface area contributed by atoms with Gasteiger partial charge in [-0.2, -0.15) is 0 Å². The average Bonchev–Trinajstić information content (AvgIpc) is 2.57. The van der Waals surface area contributed by atoms with E-state index in [9.17, 15) is 4.79 Å². The van der Waals surface area contributed by atoms with Gasteiger partial charge in [0.2, 0.25) is 0 Å². The van der Waals surface area contributed by atoms with Crippen LogP contribution in [0.15, 0.2) is 42.5 Å². The third kappa shape index (κ3) is 3.82. The van der Waals surface area contributed by atoms with Gasteiger partial charge in [-0.05, 0) is 49.2 Å². The van der Waals surface area contributed by atoms with Gasteiger partial charge in [-0.15, -0.1) is 0 Å². The highest BCUT2D eigenvalue weighted by Crippen LogP contribution is 2.25. The van der Waals surface area contributed by atoms with Gasteiger partial charge in [0, 0.05) is 42.6 Å². The molecule has 1 aliphatic heterocycles. The maximum Gasteiger partial charge on any atom is 0.321 e. The number of amides is 2. The standard InChI is InChI=1S/C19H22ClN3O/c1-14-4-3-5-17(12-14)21-19(24)23-10-8-22(9-11-23)18-13-16(20)7-6-15(18)2/h3-7,12-13H,8-11H2,1-2H3,(H,21,24). The molecule has 126 valence electrons. The summed E-state index contributed by atoms with van der Waals surface area (Å²) >= 11 is 6.12. The molecule has 0 spiro atoms. The van der Waals surface area contributed by atoms with Crippen molar-refractivity contribution >= 4 is 29.0 Å². The molecular formula is C19H22ClN3O. The molecule has 0 bridgehead atoms. The highest BCUT2D eigenvalue weighted by molar-refractivity contribution is 6.30. The summed E-state index contributed by atoms with van der Waals surface area (Å²) in [4.78, 5) is 16.6. The monoisotopic (exact) mass is 343 g/mol. The first kappa shape index (κ1) is 16.7. The van der Waals surface area contributed by atoms with Crippen molar-refractivity contribution in [2.75, 3.05) is 36.4 Å². The summed E-state index contributed by atoms with van der Waals surface area (Å²) in [5.74, 6) is 0. The number of benzene rings is 2. The molecule has 0 aliphatic carbocycles. The number of hydrogen-bond donors (Lipinski definition) is 1. The van der Waals surface area contributed by atoms with Gasteiger partial charge in [0.1, 0.15) is 0 Å². The SMILES string of the molecule is Cc1cccc(NC(=O)N2CCN(c3cc(Cl)ccc3C)CC2)c1. The summed E-state index contributed by atoms with van der Waals surface area (Å²) in [5, 5.41) is 3.72. The molecule has 4 nitrogen and oxygen atoms in total. The predicted octanol–water partition coefficient (Wildman–Crippen LogP) is 4.31. The minimum absolute atomic E-state index is 0.0388. The Morgan fingerprint density at radius 2 is 1.79 bits per heavy atom. The van der Waals surface area contributed by atoms with E-state index in [1.54, 1.807) is 0 Å². The first-order chi connectivity index (χ1) is 11.5. The lowest BCUT2D eigenvalue weighted by Crippen LogP contribution is -2.50. The van der Waals surface area contributed by atoms with Crippen LogP contribution in [-0.2, 0) is 0 Å². The number of nitrogens with zero attached hydrogens (tertiary/aromatic N) is 2. The Bertz CT molecular complexity index is 739. The Morgan fingerprint density at radius 1 is 1.04 bits per heavy atom. The smallest absolute Gasteiger partial charge is 0.321 e. The van der Waals surface area contributed by atoms with Crippen LogP contribution in [0.3, 0.4) is 0 Å². The first-order valence-electron chi connectivity index (χ1n) is 8.16. The zero-order valence-corrected chi connectivity index (χ0v) is 14.8. The lowest BCUT2D eigenvalue weighted by atomic mass is 10.1. The topological polar surface area (TPSA) is 35.6 Å². The summed E-state index contributed by atoms with van der Waals surface area (Å²) in [7, 11) is 0. The second-order valence-electron chi connectivity index (χ2n) is 6.20. The van der Waals surface area contributed by atoms with Crippen LogP contribution in [0.1, 0.15) is 11.1 Å². The van der Waals surface area contributed by atoms with Gasteiger partial charge in [0.05, 0.1) is 0 Å². The van der Waals surface area contributed by atoms with Crippen molar-refractivity contribution in [3.8, 4) is 0 Å². The number of halogens is 1. The Morgan fingerprint density at radius 3 is 2.50 bits per heavy atom. The van der Waals surface area contributed by atoms with Crippen LogP contribution in [-0.4, -0.2) is 37.1 Å². The maximum atomic E-state index is 12.4. The Hall–Kier alpha value is -2.20. The van der Waals surface area contributed by atoms with Crippen molar-refractivity contribution in [2.45, 2.75) is 13.8 Å². The molecule has 2 amide bonds. The van der Waals surface area contributed by atoms with E-state index in [4.69, 9.17) is 11.6 Å². The van der Waals surface area contributed by atoms with Gasteiger partial charge in [-0.3, -0.25) is 0 Å². The van der Waals surface area contributed by atoms with Crippen LogP contribution in [0.2, 0.25) is 5.02 Å². The highest BCUT2D eigenvalue weighted by Gasteiger charge is 2.22. The summed E-state index contributed by atoms with van der Waals surface area (Å²) in [5.41, 5.74) is 4.33. The summed E-state index contributed by atoms with van der Waals surface area (Å²) in [6.07, 6.45) is 0. The molecule has 1 N–H and O–H groups in total. The summed E-state index contributed by atoms with van der Waals surface area (Å²) in [6, 6.07) is 13.8. The lowest BCUT2D eigenvalue weighted by molar-refractivity contribution is 0.208. The fourth-order valence-corrected chi connectivity index (χ4v) is 3.17. The van der Waals surface area contributed by atoms with Gasteiger partial charge >= 0.3 is 6.03 Å². The molecule has 2 aromatic carbocycles. The Kier molecular flexibility index (Phi) is 4.95. The highest BCUT2D eigenvalue weighted by atomic mass is 35.5. The number of carbonyl (C=O) groups excluding carboxylic acids is 1. The molecule has 3 rings (SSSR count). The van der Waals surface area contributed by atoms with Crippen LogP contribution in [0.25, 0.3) is 0 Å². The third-order valence-corrected chi connectivity index (χ3v) is 4.58. The molecule has 1 fully saturated rings. The average molecular weight is 344 g/mol. The molecule has 2 aromatic rings. The first-order valence-corrected chi connectivity index (χ1v) is 8.54. The van der Waals surface area contributed by atoms with Crippen molar-refractivity contribution in [3.05, 3.63) is 58.6 Å². The van der Waals surface area contributed by atoms with Crippen LogP contribution in [0, 0.1) is 13.8 Å². The second kappa shape index (κ2) is 7.14. The normalized spacial score (nSPS) is 14.6. The van der Waals surface area contributed by atoms with Gasteiger partial charge in [-0.1, -0.05) is 29.8 Å². The summed E-state index contributed by atoms with van der Waals surface area (Å²) in [6.45, 7) is 7.11. The number of aryl methyl sites for hydroxylation is 2. The summed E-state index contributed by atoms with van der Waals surface area (Å²) < 4.78 is 0. The molecule has 5 heteroatoms. The second-order valence-corrected chi connectivity index (χ2v) is 6.64. The Balaban J connectivity index is 1.60. The van der Waals surface area contributed by atoms with E-state index in [-0.39, 0.29) is 6.03 Å². The number of hydrogen-bond acceptors (Lipinski definition) is 2. The van der Waals surface area contributed by atoms with E-state index < -0.39 is 0 Å². The molecule has 24 heavy (non-hydrogen) atoms. The van der Waals surface area contributed by atoms with Crippen molar-refractivity contribution in [2.24, 2.45) is 0 Å². The third-order valence-electron chi connectivity index (χ3n) is 4.35. The van der Waals surface area contributed by atoms with Crippen molar-refractivity contribution < 1.29 is 4.79 Å². The molecule has 1 heterocycles. The Labute approximate surface area is 148 Å². The fourth-order valence-electron chi connectivity index (χ4n) is 3.00. The van der Waals surface area contributed by atoms with Crippen LogP contribution >= 0.6 is 11.6 Å². The minimum atomic E-state index is -0.0388. The van der Waals surface area contributed by atoms with E-state index in [0.717, 1.165) is 35.1 Å². The van der Waals surface area contributed by atoms with Crippen molar-refractivity contribution in [1.29, 1.82) is 0 Å². The number of piperazine rings is 1. The number of nitrogens with one attached hydrogen (secondary N) is 1. The molecule has 0 radical (unpaired) electrons. The molecule has 1 aliphatic rings. The molecular weight excluding hydrogens is 322 g/mol. The quantitative estimate of drug-likeness (QED) is 0.881. The zero-order chi connectivity index (χ0) is 17.1. The molecule has 0 aromatic heterocycles. The number of carbonyl (C=O) groups is 1. The lowest BCUT2D eigenvalue weighted by Gasteiger charge is -2.36.